The van der Waals surface area contributed by atoms with Crippen molar-refractivity contribution >= 4 is 32.3 Å². The Kier molecular flexibility index (Phi) is 7.61. The zero-order valence-electron chi connectivity index (χ0n) is 7.90. The summed E-state index contributed by atoms with van der Waals surface area (Å²) in [7, 11) is -2.99. The third-order valence-electron chi connectivity index (χ3n) is 1.07. The summed E-state index contributed by atoms with van der Waals surface area (Å²) in [4.78, 5) is 26.2. The van der Waals surface area contributed by atoms with Crippen LogP contribution in [0, 0.1) is 0 Å². The van der Waals surface area contributed by atoms with E-state index in [9.17, 15) is 14.2 Å². The quantitative estimate of drug-likeness (QED) is 0.237. The molecule has 0 rings (SSSR count). The molecule has 0 N–H and O–H groups in total. The van der Waals surface area contributed by atoms with Crippen LogP contribution in [0.2, 0.25) is 0 Å². The molecule has 0 aromatic rings. The first-order valence-electron chi connectivity index (χ1n) is 3.80. The summed E-state index contributed by atoms with van der Waals surface area (Å²) in [6, 6.07) is 0. The summed E-state index contributed by atoms with van der Waals surface area (Å²) in [6.07, 6.45) is 1.14. The fourth-order valence-corrected chi connectivity index (χ4v) is 1.11. The van der Waals surface area contributed by atoms with Crippen molar-refractivity contribution < 1.29 is 32.8 Å². The van der Waals surface area contributed by atoms with Crippen molar-refractivity contribution in [3.63, 3.8) is 0 Å². The first kappa shape index (κ1) is 14.2. The topological polar surface area (TPSA) is 142 Å². The fraction of sp³-hybridized carbons (Fsp3) is 0.333. The van der Waals surface area contributed by atoms with Crippen molar-refractivity contribution in [2.45, 2.75) is 0 Å². The van der Waals surface area contributed by atoms with E-state index in [0.29, 0.717) is 12.4 Å². The van der Waals surface area contributed by atoms with Crippen LogP contribution in [-0.4, -0.2) is 46.8 Å². The van der Waals surface area contributed by atoms with E-state index in [-0.39, 0.29) is 0 Å². The molecule has 0 amide bonds. The number of hydrogen-bond acceptors (Lipinski definition) is 5. The van der Waals surface area contributed by atoms with Crippen LogP contribution in [0.1, 0.15) is 0 Å². The Labute approximate surface area is 90.2 Å². The molecule has 0 spiro atoms. The molecular formula is C6H7N4O5P. The lowest BCUT2D eigenvalue weighted by atomic mass is 10.5. The highest BCUT2D eigenvalue weighted by molar-refractivity contribution is 7.33. The summed E-state index contributed by atoms with van der Waals surface area (Å²) < 4.78 is 19.7. The lowest BCUT2D eigenvalue weighted by molar-refractivity contribution is -0.118. The first-order chi connectivity index (χ1) is 7.60. The zero-order chi connectivity index (χ0) is 12.4. The molecule has 0 heterocycles. The molecule has 0 aliphatic carbocycles. The van der Waals surface area contributed by atoms with Crippen LogP contribution in [0.15, 0.2) is 0 Å². The Morgan fingerprint density at radius 3 is 1.75 bits per heavy atom. The van der Waals surface area contributed by atoms with Crippen LogP contribution in [0.4, 0.5) is 0 Å². The number of carbonyl (C=O) groups excluding carboxylic acids is 2. The summed E-state index contributed by atoms with van der Waals surface area (Å²) in [5, 5.41) is 0. The van der Waals surface area contributed by atoms with E-state index in [2.05, 4.69) is 18.6 Å². The number of Topliss-reactive ketones (excluding diaryl/α,β-unsaturated/α-hetero) is 2. The van der Waals surface area contributed by atoms with Gasteiger partial charge in [-0.3, -0.25) is 14.2 Å². The molecule has 0 aliphatic heterocycles. The van der Waals surface area contributed by atoms with E-state index in [0.717, 1.165) is 0 Å². The third kappa shape index (κ3) is 7.64. The van der Waals surface area contributed by atoms with Gasteiger partial charge < -0.3 is 20.1 Å². The number of carbonyl (C=O) groups is 2. The number of rotatable bonds is 8. The van der Waals surface area contributed by atoms with Crippen molar-refractivity contribution in [3.05, 3.63) is 11.1 Å². The van der Waals surface area contributed by atoms with Gasteiger partial charge in [-0.1, -0.05) is 0 Å². The summed E-state index contributed by atoms with van der Waals surface area (Å²) in [6.45, 7) is -1.19. The maximum atomic E-state index is 10.9. The van der Waals surface area contributed by atoms with Crippen molar-refractivity contribution in [1.29, 1.82) is 0 Å². The highest BCUT2D eigenvalue weighted by Crippen LogP contribution is 2.22. The minimum Gasteiger partial charge on any atom is -0.361 e. The second-order valence-electron chi connectivity index (χ2n) is 2.25. The molecule has 10 heteroatoms. The van der Waals surface area contributed by atoms with Crippen LogP contribution < -0.4 is 0 Å². The zero-order valence-corrected chi connectivity index (χ0v) is 8.90. The van der Waals surface area contributed by atoms with Crippen molar-refractivity contribution in [2.24, 2.45) is 0 Å². The highest BCUT2D eigenvalue weighted by Gasteiger charge is 2.09. The Hall–Kier alpha value is -1.75. The predicted octanol–water partition coefficient (Wildman–Crippen LogP) is -0.851. The third-order valence-corrected chi connectivity index (χ3v) is 1.83. The Balaban J connectivity index is 3.83. The molecule has 0 aromatic carbocycles. The minimum absolute atomic E-state index is 0.568. The van der Waals surface area contributed by atoms with Crippen LogP contribution >= 0.6 is 8.25 Å². The van der Waals surface area contributed by atoms with Crippen molar-refractivity contribution in [3.8, 4) is 0 Å². The monoisotopic (exact) mass is 246 g/mol. The van der Waals surface area contributed by atoms with E-state index >= 15 is 0 Å². The van der Waals surface area contributed by atoms with Crippen molar-refractivity contribution in [2.75, 3.05) is 13.2 Å². The summed E-state index contributed by atoms with van der Waals surface area (Å²) in [5.74, 6) is -1.43. The molecule has 0 aliphatic rings. The van der Waals surface area contributed by atoms with Gasteiger partial charge in [-0.2, -0.15) is 9.58 Å². The van der Waals surface area contributed by atoms with Gasteiger partial charge in [0.05, 0.1) is 0 Å². The maximum Gasteiger partial charge on any atom is 0.325 e. The van der Waals surface area contributed by atoms with E-state index in [1.807, 2.05) is 0 Å². The van der Waals surface area contributed by atoms with E-state index in [4.69, 9.17) is 11.1 Å². The summed E-state index contributed by atoms with van der Waals surface area (Å²) >= 11 is 0. The van der Waals surface area contributed by atoms with E-state index in [1.165, 1.54) is 0 Å². The molecule has 0 fully saturated rings. The Morgan fingerprint density at radius 1 is 1.06 bits per heavy atom. The molecule has 16 heavy (non-hydrogen) atoms. The Bertz CT molecular complexity index is 360. The van der Waals surface area contributed by atoms with Gasteiger partial charge in [0.2, 0.25) is 0 Å². The molecule has 0 radical (unpaired) electrons. The largest absolute Gasteiger partial charge is 0.361 e. The van der Waals surface area contributed by atoms with Crippen LogP contribution in [0.3, 0.4) is 0 Å². The molecule has 9 nitrogen and oxygen atoms in total. The lowest BCUT2D eigenvalue weighted by Gasteiger charge is -1.99. The Morgan fingerprint density at radius 2 is 1.44 bits per heavy atom. The van der Waals surface area contributed by atoms with Gasteiger partial charge in [0.1, 0.15) is 13.2 Å². The van der Waals surface area contributed by atoms with Crippen LogP contribution in [-0.2, 0) is 23.2 Å². The predicted molar refractivity (Wildman–Crippen MR) is 50.3 cm³/mol. The molecule has 0 saturated heterocycles. The van der Waals surface area contributed by atoms with Gasteiger partial charge in [0, 0.05) is 0 Å². The molecule has 86 valence electrons. The smallest absolute Gasteiger partial charge is 0.325 e. The minimum atomic E-state index is -2.99. The van der Waals surface area contributed by atoms with Gasteiger partial charge in [-0.15, -0.1) is 0 Å². The molecule has 0 unspecified atom stereocenters. The fourth-order valence-electron chi connectivity index (χ4n) is 0.505. The van der Waals surface area contributed by atoms with Crippen molar-refractivity contribution in [1.82, 2.24) is 0 Å². The average Bonchev–Trinajstić information content (AvgIpc) is 2.24. The molecule has 0 aromatic heterocycles. The molecular weight excluding hydrogens is 239 g/mol. The molecule has 0 saturated carbocycles. The summed E-state index contributed by atoms with van der Waals surface area (Å²) in [5.41, 5.74) is 15.9. The van der Waals surface area contributed by atoms with Gasteiger partial charge in [-0.05, 0) is 0 Å². The van der Waals surface area contributed by atoms with Gasteiger partial charge in [0.25, 0.3) is 11.6 Å². The first-order valence-corrected chi connectivity index (χ1v) is 5.02. The second-order valence-corrected chi connectivity index (χ2v) is 3.33. The SMILES string of the molecule is [N-]=[N+]=CC(=O)CO[PH](=O)OCC(=O)C=[N+]=[N-]. The second kappa shape index (κ2) is 8.55. The number of nitrogens with zero attached hydrogens (tertiary/aromatic N) is 4. The lowest BCUT2D eigenvalue weighted by Crippen LogP contribution is -2.10. The standard InChI is InChI=1S/C6H7N4O5P/c7-9-1-5(11)3-14-16(13)15-4-6(12)2-10-8/h1-2,16H,3-4H2. The van der Waals surface area contributed by atoms with E-state index < -0.39 is 33.0 Å². The normalized spacial score (nSPS) is 10.8. The highest BCUT2D eigenvalue weighted by atomic mass is 31.1. The van der Waals surface area contributed by atoms with E-state index in [1.54, 1.807) is 0 Å². The van der Waals surface area contributed by atoms with Gasteiger partial charge >= 0.3 is 20.7 Å². The number of ketones is 2. The maximum absolute atomic E-state index is 10.9. The number of hydrogen-bond donors (Lipinski definition) is 0. The molecule has 0 bridgehead atoms. The van der Waals surface area contributed by atoms with Gasteiger partial charge in [0.15, 0.2) is 0 Å². The van der Waals surface area contributed by atoms with Crippen LogP contribution in [0.25, 0.3) is 11.1 Å². The molecule has 0 atom stereocenters. The van der Waals surface area contributed by atoms with Gasteiger partial charge in [-0.25, -0.2) is 0 Å². The van der Waals surface area contributed by atoms with Crippen LogP contribution in [0.5, 0.6) is 0 Å². The average molecular weight is 246 g/mol.